The summed E-state index contributed by atoms with van der Waals surface area (Å²) in [5, 5.41) is 0. The van der Waals surface area contributed by atoms with Crippen LogP contribution in [0.15, 0.2) is 54.6 Å². The monoisotopic (exact) mass is 229 g/mol. The highest BCUT2D eigenvalue weighted by Gasteiger charge is 1.86. The molecular formula is C14H15NO2. The number of methoxy groups -OCH3 is 1. The molecule has 0 radical (unpaired) electrons. The van der Waals surface area contributed by atoms with Gasteiger partial charge in [0, 0.05) is 11.3 Å². The largest absolute Gasteiger partial charge is 0.497 e. The van der Waals surface area contributed by atoms with Crippen LogP contribution in [0.25, 0.3) is 0 Å². The van der Waals surface area contributed by atoms with Crippen molar-refractivity contribution in [3.05, 3.63) is 60.2 Å². The topological polar surface area (TPSA) is 52.3 Å². The van der Waals surface area contributed by atoms with E-state index in [0.29, 0.717) is 0 Å². The van der Waals surface area contributed by atoms with Gasteiger partial charge in [0.05, 0.1) is 7.11 Å². The number of ether oxygens (including phenoxy) is 1. The van der Waals surface area contributed by atoms with Gasteiger partial charge in [-0.1, -0.05) is 30.3 Å². The number of carbonyl (C=O) groups is 1. The van der Waals surface area contributed by atoms with Crippen molar-refractivity contribution in [3.8, 4) is 5.75 Å². The van der Waals surface area contributed by atoms with Crippen LogP contribution in [-0.2, 0) is 0 Å². The van der Waals surface area contributed by atoms with Gasteiger partial charge in [0.2, 0.25) is 0 Å². The summed E-state index contributed by atoms with van der Waals surface area (Å²) in [6.45, 7) is 0. The van der Waals surface area contributed by atoms with Crippen LogP contribution >= 0.6 is 0 Å². The Kier molecular flexibility index (Phi) is 5.31. The third-order valence-corrected chi connectivity index (χ3v) is 2.05. The Morgan fingerprint density at radius 1 is 1.00 bits per heavy atom. The Morgan fingerprint density at radius 2 is 1.59 bits per heavy atom. The van der Waals surface area contributed by atoms with Crippen LogP contribution in [0.4, 0.5) is 5.69 Å². The minimum Gasteiger partial charge on any atom is -0.497 e. The molecule has 0 heterocycles. The van der Waals surface area contributed by atoms with E-state index < -0.39 is 0 Å². The summed E-state index contributed by atoms with van der Waals surface area (Å²) >= 11 is 0. The fraction of sp³-hybridized carbons (Fsp3) is 0.0714. The molecule has 0 saturated heterocycles. The number of rotatable bonds is 2. The van der Waals surface area contributed by atoms with Crippen molar-refractivity contribution < 1.29 is 9.53 Å². The van der Waals surface area contributed by atoms with Crippen LogP contribution in [0, 0.1) is 0 Å². The zero-order chi connectivity index (χ0) is 12.5. The molecule has 0 amide bonds. The molecule has 0 atom stereocenters. The van der Waals surface area contributed by atoms with Crippen molar-refractivity contribution in [2.45, 2.75) is 0 Å². The van der Waals surface area contributed by atoms with E-state index in [9.17, 15) is 4.79 Å². The Labute approximate surface area is 101 Å². The smallest absolute Gasteiger partial charge is 0.150 e. The molecule has 0 aromatic heterocycles. The first-order chi connectivity index (χ1) is 8.26. The summed E-state index contributed by atoms with van der Waals surface area (Å²) in [6, 6.07) is 16.4. The van der Waals surface area contributed by atoms with Crippen LogP contribution in [0.5, 0.6) is 5.75 Å². The summed E-state index contributed by atoms with van der Waals surface area (Å²) in [5.74, 6) is 0.837. The molecule has 3 nitrogen and oxygen atoms in total. The van der Waals surface area contributed by atoms with Crippen molar-refractivity contribution in [2.75, 3.05) is 12.8 Å². The van der Waals surface area contributed by atoms with Crippen molar-refractivity contribution in [3.63, 3.8) is 0 Å². The van der Waals surface area contributed by atoms with Gasteiger partial charge in [0.15, 0.2) is 0 Å². The van der Waals surface area contributed by atoms with Crippen molar-refractivity contribution in [1.82, 2.24) is 0 Å². The first-order valence-electron chi connectivity index (χ1n) is 5.16. The lowest BCUT2D eigenvalue weighted by atomic mass is 10.2. The average Bonchev–Trinajstić information content (AvgIpc) is 2.41. The number of nitrogen functional groups attached to an aromatic ring is 1. The Morgan fingerprint density at radius 3 is 2.00 bits per heavy atom. The fourth-order valence-corrected chi connectivity index (χ4v) is 1.14. The van der Waals surface area contributed by atoms with Crippen molar-refractivity contribution >= 4 is 12.0 Å². The number of aldehydes is 1. The fourth-order valence-electron chi connectivity index (χ4n) is 1.14. The van der Waals surface area contributed by atoms with E-state index >= 15 is 0 Å². The van der Waals surface area contributed by atoms with E-state index in [1.54, 1.807) is 31.4 Å². The van der Waals surface area contributed by atoms with Gasteiger partial charge in [0.25, 0.3) is 0 Å². The number of anilines is 1. The van der Waals surface area contributed by atoms with Crippen LogP contribution in [0.3, 0.4) is 0 Å². The highest BCUT2D eigenvalue weighted by molar-refractivity contribution is 5.74. The number of benzene rings is 2. The van der Waals surface area contributed by atoms with Gasteiger partial charge in [-0.25, -0.2) is 0 Å². The van der Waals surface area contributed by atoms with Gasteiger partial charge in [-0.3, -0.25) is 4.79 Å². The van der Waals surface area contributed by atoms with E-state index in [2.05, 4.69) is 0 Å². The quantitative estimate of drug-likeness (QED) is 0.636. The van der Waals surface area contributed by atoms with Gasteiger partial charge in [-0.05, 0) is 24.3 Å². The maximum absolute atomic E-state index is 10.0. The minimum absolute atomic E-state index is 0.729. The van der Waals surface area contributed by atoms with Crippen LogP contribution in [-0.4, -0.2) is 13.4 Å². The molecule has 0 fully saturated rings. The molecule has 0 saturated carbocycles. The van der Waals surface area contributed by atoms with Gasteiger partial charge >= 0.3 is 0 Å². The summed E-state index contributed by atoms with van der Waals surface area (Å²) in [6.07, 6.45) is 0.833. The summed E-state index contributed by atoms with van der Waals surface area (Å²) in [7, 11) is 1.63. The Bertz CT molecular complexity index is 438. The van der Waals surface area contributed by atoms with Crippen molar-refractivity contribution in [1.29, 1.82) is 0 Å². The number of hydrogen-bond acceptors (Lipinski definition) is 3. The number of nitrogens with two attached hydrogens (primary N) is 1. The first-order valence-corrected chi connectivity index (χ1v) is 5.16. The molecule has 17 heavy (non-hydrogen) atoms. The second kappa shape index (κ2) is 7.06. The highest BCUT2D eigenvalue weighted by Crippen LogP contribution is 2.11. The lowest BCUT2D eigenvalue weighted by molar-refractivity contribution is 0.112. The van der Waals surface area contributed by atoms with E-state index in [1.165, 1.54) is 0 Å². The zero-order valence-corrected chi connectivity index (χ0v) is 9.67. The highest BCUT2D eigenvalue weighted by atomic mass is 16.5. The molecule has 3 heteroatoms. The molecule has 2 N–H and O–H groups in total. The van der Waals surface area contributed by atoms with Crippen LogP contribution in [0.2, 0.25) is 0 Å². The number of hydrogen-bond donors (Lipinski definition) is 1. The Balaban J connectivity index is 0.000000171. The van der Waals surface area contributed by atoms with E-state index in [0.717, 1.165) is 23.3 Å². The van der Waals surface area contributed by atoms with Crippen LogP contribution < -0.4 is 10.5 Å². The molecular weight excluding hydrogens is 214 g/mol. The third kappa shape index (κ3) is 4.84. The van der Waals surface area contributed by atoms with Crippen LogP contribution in [0.1, 0.15) is 10.4 Å². The molecule has 0 aliphatic carbocycles. The number of carbonyl (C=O) groups excluding carboxylic acids is 1. The maximum atomic E-state index is 10.0. The third-order valence-electron chi connectivity index (χ3n) is 2.05. The summed E-state index contributed by atoms with van der Waals surface area (Å²) < 4.78 is 4.91. The van der Waals surface area contributed by atoms with E-state index in [4.69, 9.17) is 10.5 Å². The van der Waals surface area contributed by atoms with Gasteiger partial charge in [0.1, 0.15) is 12.0 Å². The maximum Gasteiger partial charge on any atom is 0.150 e. The summed E-state index contributed by atoms with van der Waals surface area (Å²) in [4.78, 5) is 10.0. The standard InChI is InChI=1S/C7H9NO.C7H6O/c1-9-7-4-2-6(8)3-5-7;8-6-7-4-2-1-3-5-7/h2-5H,8H2,1H3;1-6H. The minimum atomic E-state index is 0.729. The van der Waals surface area contributed by atoms with Gasteiger partial charge in [-0.2, -0.15) is 0 Å². The molecule has 2 aromatic carbocycles. The Hall–Kier alpha value is -2.29. The SMILES string of the molecule is COc1ccc(N)cc1.O=Cc1ccccc1. The van der Waals surface area contributed by atoms with E-state index in [1.807, 2.05) is 30.3 Å². The second-order valence-corrected chi connectivity index (χ2v) is 3.30. The van der Waals surface area contributed by atoms with E-state index in [-0.39, 0.29) is 0 Å². The molecule has 0 aliphatic heterocycles. The van der Waals surface area contributed by atoms with Crippen molar-refractivity contribution in [2.24, 2.45) is 0 Å². The van der Waals surface area contributed by atoms with Gasteiger partial charge < -0.3 is 10.5 Å². The molecule has 2 rings (SSSR count). The summed E-state index contributed by atoms with van der Waals surface area (Å²) in [5.41, 5.74) is 6.91. The van der Waals surface area contributed by atoms with Gasteiger partial charge in [-0.15, -0.1) is 0 Å². The molecule has 0 unspecified atom stereocenters. The zero-order valence-electron chi connectivity index (χ0n) is 9.67. The normalized spacial score (nSPS) is 8.76. The molecule has 0 aliphatic rings. The lowest BCUT2D eigenvalue weighted by Gasteiger charge is -1.97. The molecule has 0 bridgehead atoms. The molecule has 88 valence electrons. The molecule has 2 aromatic rings. The predicted molar refractivity (Wildman–Crippen MR) is 69.2 cm³/mol. The average molecular weight is 229 g/mol. The first kappa shape index (κ1) is 12.8. The lowest BCUT2D eigenvalue weighted by Crippen LogP contribution is -1.84. The molecule has 0 spiro atoms. The predicted octanol–water partition coefficient (Wildman–Crippen LogP) is 2.78. The second-order valence-electron chi connectivity index (χ2n) is 3.30.